The Bertz CT molecular complexity index is 560. The monoisotopic (exact) mass is 319 g/mol. The average Bonchev–Trinajstić information content (AvgIpc) is 2.85. The highest BCUT2D eigenvalue weighted by atomic mass is 32.2. The second-order valence-electron chi connectivity index (χ2n) is 5.31. The number of hydrogen-bond acceptors (Lipinski definition) is 4. The molecule has 0 saturated heterocycles. The van der Waals surface area contributed by atoms with E-state index in [2.05, 4.69) is 10.1 Å². The third-order valence-corrected chi connectivity index (χ3v) is 5.38. The van der Waals surface area contributed by atoms with Crippen molar-refractivity contribution in [2.45, 2.75) is 43.7 Å². The van der Waals surface area contributed by atoms with E-state index in [1.807, 2.05) is 0 Å². The SMILES string of the molecule is CS(=O)(=O)C1CCCC1NCc1ccc(OC(F)F)cc1. The Morgan fingerprint density at radius 1 is 1.29 bits per heavy atom. The summed E-state index contributed by atoms with van der Waals surface area (Å²) in [6.45, 7) is -2.32. The molecule has 4 nitrogen and oxygen atoms in total. The highest BCUT2D eigenvalue weighted by Crippen LogP contribution is 2.25. The Morgan fingerprint density at radius 2 is 1.95 bits per heavy atom. The molecule has 2 atom stereocenters. The molecule has 0 aromatic heterocycles. The van der Waals surface area contributed by atoms with Crippen LogP contribution in [-0.4, -0.2) is 32.6 Å². The van der Waals surface area contributed by atoms with E-state index in [9.17, 15) is 17.2 Å². The van der Waals surface area contributed by atoms with Crippen LogP contribution in [0.1, 0.15) is 24.8 Å². The first kappa shape index (κ1) is 16.2. The molecule has 118 valence electrons. The number of nitrogens with one attached hydrogen (secondary N) is 1. The second kappa shape index (κ2) is 6.70. The lowest BCUT2D eigenvalue weighted by Gasteiger charge is -2.19. The summed E-state index contributed by atoms with van der Waals surface area (Å²) < 4.78 is 51.7. The van der Waals surface area contributed by atoms with E-state index < -0.39 is 16.4 Å². The van der Waals surface area contributed by atoms with E-state index >= 15 is 0 Å². The van der Waals surface area contributed by atoms with Crippen LogP contribution in [0.2, 0.25) is 0 Å². The molecule has 0 heterocycles. The molecule has 1 aromatic rings. The second-order valence-corrected chi connectivity index (χ2v) is 7.57. The van der Waals surface area contributed by atoms with E-state index in [1.165, 1.54) is 18.4 Å². The summed E-state index contributed by atoms with van der Waals surface area (Å²) in [5.74, 6) is 0.114. The zero-order valence-electron chi connectivity index (χ0n) is 11.8. The van der Waals surface area contributed by atoms with Crippen LogP contribution in [0.5, 0.6) is 5.75 Å². The molecule has 1 saturated carbocycles. The quantitative estimate of drug-likeness (QED) is 0.874. The normalized spacial score (nSPS) is 22.7. The summed E-state index contributed by atoms with van der Waals surface area (Å²) in [6, 6.07) is 6.29. The van der Waals surface area contributed by atoms with Gasteiger partial charge in [-0.2, -0.15) is 8.78 Å². The summed E-state index contributed by atoms with van der Waals surface area (Å²) in [6.07, 6.45) is 3.70. The lowest BCUT2D eigenvalue weighted by atomic mass is 10.2. The molecule has 21 heavy (non-hydrogen) atoms. The minimum absolute atomic E-state index is 0.0445. The summed E-state index contributed by atoms with van der Waals surface area (Å²) in [4.78, 5) is 0. The van der Waals surface area contributed by atoms with Crippen LogP contribution in [0.25, 0.3) is 0 Å². The van der Waals surface area contributed by atoms with E-state index in [0.717, 1.165) is 18.4 Å². The van der Waals surface area contributed by atoms with Gasteiger partial charge in [-0.05, 0) is 30.5 Å². The third kappa shape index (κ3) is 4.64. The van der Waals surface area contributed by atoms with Gasteiger partial charge in [0, 0.05) is 18.8 Å². The molecule has 0 spiro atoms. The molecule has 1 fully saturated rings. The molecule has 2 rings (SSSR count). The van der Waals surface area contributed by atoms with Gasteiger partial charge < -0.3 is 10.1 Å². The predicted molar refractivity (Wildman–Crippen MR) is 76.2 cm³/mol. The van der Waals surface area contributed by atoms with Crippen molar-refractivity contribution in [3.63, 3.8) is 0 Å². The average molecular weight is 319 g/mol. The lowest BCUT2D eigenvalue weighted by molar-refractivity contribution is -0.0498. The maximum atomic E-state index is 12.0. The van der Waals surface area contributed by atoms with Crippen LogP contribution in [0.15, 0.2) is 24.3 Å². The Labute approximate surface area is 123 Å². The van der Waals surface area contributed by atoms with Gasteiger partial charge in [0.1, 0.15) is 5.75 Å². The number of alkyl halides is 2. The molecule has 0 bridgehead atoms. The molecular weight excluding hydrogens is 300 g/mol. The van der Waals surface area contributed by atoms with Gasteiger partial charge in [0.15, 0.2) is 9.84 Å². The van der Waals surface area contributed by atoms with Gasteiger partial charge in [-0.1, -0.05) is 18.6 Å². The zero-order chi connectivity index (χ0) is 15.5. The van der Waals surface area contributed by atoms with Crippen molar-refractivity contribution in [3.05, 3.63) is 29.8 Å². The van der Waals surface area contributed by atoms with Crippen molar-refractivity contribution < 1.29 is 21.9 Å². The van der Waals surface area contributed by atoms with Gasteiger partial charge in [-0.3, -0.25) is 0 Å². The summed E-state index contributed by atoms with van der Waals surface area (Å²) in [7, 11) is -3.04. The van der Waals surface area contributed by atoms with Gasteiger partial charge in [-0.15, -0.1) is 0 Å². The van der Waals surface area contributed by atoms with E-state index in [1.54, 1.807) is 12.1 Å². The van der Waals surface area contributed by atoms with Crippen molar-refractivity contribution in [2.24, 2.45) is 0 Å². The predicted octanol–water partition coefficient (Wildman–Crippen LogP) is 2.34. The fraction of sp³-hybridized carbons (Fsp3) is 0.571. The Balaban J connectivity index is 1.91. The topological polar surface area (TPSA) is 55.4 Å². The highest BCUT2D eigenvalue weighted by molar-refractivity contribution is 7.91. The van der Waals surface area contributed by atoms with Crippen LogP contribution in [0.3, 0.4) is 0 Å². The van der Waals surface area contributed by atoms with Crippen LogP contribution in [0, 0.1) is 0 Å². The van der Waals surface area contributed by atoms with E-state index in [-0.39, 0.29) is 17.0 Å². The van der Waals surface area contributed by atoms with Crippen LogP contribution < -0.4 is 10.1 Å². The standard InChI is InChI=1S/C14H19F2NO3S/c1-21(18,19)13-4-2-3-12(13)17-9-10-5-7-11(8-6-10)20-14(15)16/h5-8,12-14,17H,2-4,9H2,1H3. The minimum Gasteiger partial charge on any atom is -0.435 e. The molecule has 1 aromatic carbocycles. The van der Waals surface area contributed by atoms with Gasteiger partial charge in [-0.25, -0.2) is 8.42 Å². The zero-order valence-corrected chi connectivity index (χ0v) is 12.6. The first-order chi connectivity index (χ1) is 9.86. The van der Waals surface area contributed by atoms with E-state index in [4.69, 9.17) is 0 Å². The first-order valence-corrected chi connectivity index (χ1v) is 8.78. The molecule has 1 N–H and O–H groups in total. The number of halogens is 2. The number of hydrogen-bond donors (Lipinski definition) is 1. The lowest BCUT2D eigenvalue weighted by Crippen LogP contribution is -2.39. The molecule has 0 amide bonds. The van der Waals surface area contributed by atoms with Gasteiger partial charge >= 0.3 is 6.61 Å². The number of rotatable bonds is 6. The third-order valence-electron chi connectivity index (χ3n) is 3.72. The minimum atomic E-state index is -3.04. The molecule has 2 unspecified atom stereocenters. The van der Waals surface area contributed by atoms with Crippen molar-refractivity contribution in [1.29, 1.82) is 0 Å². The Hall–Kier alpha value is -1.21. The number of ether oxygens (including phenoxy) is 1. The van der Waals surface area contributed by atoms with Crippen LogP contribution in [0.4, 0.5) is 8.78 Å². The fourth-order valence-electron chi connectivity index (χ4n) is 2.71. The Morgan fingerprint density at radius 3 is 2.52 bits per heavy atom. The van der Waals surface area contributed by atoms with Gasteiger partial charge in [0.05, 0.1) is 5.25 Å². The summed E-state index contributed by atoms with van der Waals surface area (Å²) in [5.41, 5.74) is 0.899. The number of benzene rings is 1. The van der Waals surface area contributed by atoms with Gasteiger partial charge in [0.25, 0.3) is 0 Å². The smallest absolute Gasteiger partial charge is 0.387 e. The molecular formula is C14H19F2NO3S. The first-order valence-electron chi connectivity index (χ1n) is 6.82. The van der Waals surface area contributed by atoms with Crippen molar-refractivity contribution in [2.75, 3.05) is 6.26 Å². The van der Waals surface area contributed by atoms with Crippen LogP contribution >= 0.6 is 0 Å². The molecule has 0 radical (unpaired) electrons. The molecule has 7 heteroatoms. The van der Waals surface area contributed by atoms with Crippen molar-refractivity contribution in [1.82, 2.24) is 5.32 Å². The number of sulfone groups is 1. The molecule has 0 aliphatic heterocycles. The van der Waals surface area contributed by atoms with Crippen LogP contribution in [-0.2, 0) is 16.4 Å². The van der Waals surface area contributed by atoms with E-state index in [0.29, 0.717) is 13.0 Å². The Kier molecular flexibility index (Phi) is 5.16. The molecule has 1 aliphatic rings. The van der Waals surface area contributed by atoms with Crippen molar-refractivity contribution in [3.8, 4) is 5.75 Å². The largest absolute Gasteiger partial charge is 0.435 e. The van der Waals surface area contributed by atoms with Gasteiger partial charge in [0.2, 0.25) is 0 Å². The summed E-state index contributed by atoms with van der Waals surface area (Å²) >= 11 is 0. The highest BCUT2D eigenvalue weighted by Gasteiger charge is 2.34. The fourth-order valence-corrected chi connectivity index (χ4v) is 4.13. The molecule has 1 aliphatic carbocycles. The summed E-state index contributed by atoms with van der Waals surface area (Å²) in [5, 5.41) is 2.91. The van der Waals surface area contributed by atoms with Crippen molar-refractivity contribution >= 4 is 9.84 Å². The maximum absolute atomic E-state index is 12.0. The maximum Gasteiger partial charge on any atom is 0.387 e.